The molecule has 1 amide bonds. The number of carbonyl (C=O) groups excluding carboxylic acids is 1. The third kappa shape index (κ3) is 3.43. The molecular weight excluding hydrogens is 250 g/mol. The van der Waals surface area contributed by atoms with Crippen molar-refractivity contribution < 1.29 is 4.79 Å². The van der Waals surface area contributed by atoms with Crippen LogP contribution < -0.4 is 5.32 Å². The van der Waals surface area contributed by atoms with Gasteiger partial charge in [0.15, 0.2) is 0 Å². The highest BCUT2D eigenvalue weighted by Crippen LogP contribution is 2.25. The fraction of sp³-hybridized carbons (Fsp3) is 0.538. The van der Waals surface area contributed by atoms with Crippen LogP contribution in [-0.2, 0) is 0 Å². The summed E-state index contributed by atoms with van der Waals surface area (Å²) in [6.45, 7) is 4.73. The molecule has 1 saturated carbocycles. The Hall–Kier alpha value is -1.13. The first-order chi connectivity index (χ1) is 8.72. The van der Waals surface area contributed by atoms with E-state index in [1.54, 1.807) is 12.3 Å². The quantitative estimate of drug-likeness (QED) is 0.857. The minimum absolute atomic E-state index is 0.153. The Morgan fingerprint density at radius 2 is 2.39 bits per heavy atom. The van der Waals surface area contributed by atoms with Gasteiger partial charge in [-0.1, -0.05) is 18.5 Å². The molecular formula is C13H18ClN3O. The molecule has 0 spiro atoms. The van der Waals surface area contributed by atoms with Crippen LogP contribution in [0.15, 0.2) is 18.5 Å². The van der Waals surface area contributed by atoms with E-state index >= 15 is 0 Å². The van der Waals surface area contributed by atoms with Crippen LogP contribution in [0.25, 0.3) is 0 Å². The third-order valence-corrected chi connectivity index (χ3v) is 3.50. The van der Waals surface area contributed by atoms with Crippen molar-refractivity contribution in [2.45, 2.75) is 25.8 Å². The van der Waals surface area contributed by atoms with Gasteiger partial charge in [0.05, 0.1) is 10.6 Å². The van der Waals surface area contributed by atoms with Gasteiger partial charge in [-0.3, -0.25) is 14.7 Å². The number of likely N-dealkylation sites (N-methyl/N-ethyl adjacent to an activating group) is 1. The summed E-state index contributed by atoms with van der Waals surface area (Å²) in [4.78, 5) is 18.2. The average molecular weight is 268 g/mol. The van der Waals surface area contributed by atoms with Crippen LogP contribution in [0.2, 0.25) is 5.02 Å². The number of carbonyl (C=O) groups is 1. The van der Waals surface area contributed by atoms with Crippen molar-refractivity contribution in [1.29, 1.82) is 0 Å². The van der Waals surface area contributed by atoms with E-state index in [2.05, 4.69) is 22.1 Å². The summed E-state index contributed by atoms with van der Waals surface area (Å²) >= 11 is 5.94. The number of nitrogens with zero attached hydrogens (tertiary/aromatic N) is 2. The van der Waals surface area contributed by atoms with Gasteiger partial charge in [0.25, 0.3) is 5.91 Å². The number of rotatable bonds is 6. The second-order valence-electron chi connectivity index (χ2n) is 4.47. The van der Waals surface area contributed by atoms with Crippen LogP contribution in [0.4, 0.5) is 0 Å². The van der Waals surface area contributed by atoms with Crippen molar-refractivity contribution in [3.05, 3.63) is 29.0 Å². The second kappa shape index (κ2) is 6.16. The molecule has 98 valence electrons. The minimum Gasteiger partial charge on any atom is -0.351 e. The molecule has 1 N–H and O–H groups in total. The molecule has 1 aromatic rings. The average Bonchev–Trinajstić information content (AvgIpc) is 3.19. The molecule has 0 bridgehead atoms. The Bertz CT molecular complexity index is 420. The zero-order valence-corrected chi connectivity index (χ0v) is 11.3. The van der Waals surface area contributed by atoms with Crippen molar-refractivity contribution in [3.63, 3.8) is 0 Å². The van der Waals surface area contributed by atoms with E-state index in [-0.39, 0.29) is 5.91 Å². The van der Waals surface area contributed by atoms with Gasteiger partial charge in [-0.15, -0.1) is 0 Å². The van der Waals surface area contributed by atoms with E-state index in [0.29, 0.717) is 17.1 Å². The number of pyridine rings is 1. The fourth-order valence-electron chi connectivity index (χ4n) is 1.99. The predicted octanol–water partition coefficient (Wildman–Crippen LogP) is 1.95. The Balaban J connectivity index is 1.79. The van der Waals surface area contributed by atoms with E-state index in [1.807, 2.05) is 0 Å². The number of amides is 1. The van der Waals surface area contributed by atoms with E-state index < -0.39 is 0 Å². The molecule has 4 nitrogen and oxygen atoms in total. The number of aromatic nitrogens is 1. The van der Waals surface area contributed by atoms with Gasteiger partial charge >= 0.3 is 0 Å². The van der Waals surface area contributed by atoms with Gasteiger partial charge in [-0.05, 0) is 25.5 Å². The third-order valence-electron chi connectivity index (χ3n) is 3.17. The van der Waals surface area contributed by atoms with Gasteiger partial charge in [0.2, 0.25) is 0 Å². The largest absolute Gasteiger partial charge is 0.351 e. The lowest BCUT2D eigenvalue weighted by molar-refractivity contribution is 0.0947. The van der Waals surface area contributed by atoms with Gasteiger partial charge < -0.3 is 5.32 Å². The molecule has 0 radical (unpaired) electrons. The molecule has 1 heterocycles. The lowest BCUT2D eigenvalue weighted by Crippen LogP contribution is -2.36. The molecule has 0 aliphatic heterocycles. The van der Waals surface area contributed by atoms with Crippen LogP contribution in [0.5, 0.6) is 0 Å². The maximum absolute atomic E-state index is 11.9. The van der Waals surface area contributed by atoms with E-state index in [1.165, 1.54) is 19.0 Å². The van der Waals surface area contributed by atoms with Crippen LogP contribution in [0.1, 0.15) is 30.1 Å². The summed E-state index contributed by atoms with van der Waals surface area (Å²) in [5.74, 6) is -0.153. The predicted molar refractivity (Wildman–Crippen MR) is 71.8 cm³/mol. The number of halogens is 1. The standard InChI is InChI=1S/C13H18ClN3O/c1-2-17(10-3-4-10)8-7-16-13(18)11-9-15-6-5-12(11)14/h5-6,9-10H,2-4,7-8H2,1H3,(H,16,18). The maximum atomic E-state index is 11.9. The van der Waals surface area contributed by atoms with Crippen molar-refractivity contribution in [2.75, 3.05) is 19.6 Å². The van der Waals surface area contributed by atoms with Crippen molar-refractivity contribution >= 4 is 17.5 Å². The molecule has 0 aromatic carbocycles. The smallest absolute Gasteiger partial charge is 0.254 e. The topological polar surface area (TPSA) is 45.2 Å². The van der Waals surface area contributed by atoms with E-state index in [0.717, 1.165) is 19.1 Å². The summed E-state index contributed by atoms with van der Waals surface area (Å²) in [5.41, 5.74) is 0.439. The second-order valence-corrected chi connectivity index (χ2v) is 4.88. The summed E-state index contributed by atoms with van der Waals surface area (Å²) in [6.07, 6.45) is 5.65. The summed E-state index contributed by atoms with van der Waals surface area (Å²) in [5, 5.41) is 3.32. The monoisotopic (exact) mass is 267 g/mol. The molecule has 18 heavy (non-hydrogen) atoms. The van der Waals surface area contributed by atoms with Crippen molar-refractivity contribution in [2.24, 2.45) is 0 Å². The number of hydrogen-bond donors (Lipinski definition) is 1. The molecule has 5 heteroatoms. The van der Waals surface area contributed by atoms with Crippen LogP contribution in [-0.4, -0.2) is 41.5 Å². The van der Waals surface area contributed by atoms with Gasteiger partial charge in [-0.25, -0.2) is 0 Å². The maximum Gasteiger partial charge on any atom is 0.254 e. The van der Waals surface area contributed by atoms with Gasteiger partial charge in [0.1, 0.15) is 0 Å². The van der Waals surface area contributed by atoms with Gasteiger partial charge in [0, 0.05) is 31.5 Å². The van der Waals surface area contributed by atoms with Crippen LogP contribution in [0, 0.1) is 0 Å². The molecule has 0 saturated heterocycles. The summed E-state index contributed by atoms with van der Waals surface area (Å²) < 4.78 is 0. The lowest BCUT2D eigenvalue weighted by Gasteiger charge is -2.19. The molecule has 1 fully saturated rings. The Labute approximate surface area is 112 Å². The van der Waals surface area contributed by atoms with Crippen LogP contribution in [0.3, 0.4) is 0 Å². The molecule has 2 rings (SSSR count). The molecule has 0 unspecified atom stereocenters. The highest BCUT2D eigenvalue weighted by atomic mass is 35.5. The van der Waals surface area contributed by atoms with Crippen LogP contribution >= 0.6 is 11.6 Å². The molecule has 1 aliphatic rings. The van der Waals surface area contributed by atoms with Crippen molar-refractivity contribution in [1.82, 2.24) is 15.2 Å². The van der Waals surface area contributed by atoms with E-state index in [9.17, 15) is 4.79 Å². The molecule has 1 aromatic heterocycles. The van der Waals surface area contributed by atoms with E-state index in [4.69, 9.17) is 11.6 Å². The molecule has 1 aliphatic carbocycles. The molecule has 0 atom stereocenters. The highest BCUT2D eigenvalue weighted by Gasteiger charge is 2.27. The fourth-order valence-corrected chi connectivity index (χ4v) is 2.18. The Kier molecular flexibility index (Phi) is 4.55. The zero-order valence-electron chi connectivity index (χ0n) is 10.5. The normalized spacial score (nSPS) is 14.8. The summed E-state index contributed by atoms with van der Waals surface area (Å²) in [7, 11) is 0. The first-order valence-corrected chi connectivity index (χ1v) is 6.72. The Morgan fingerprint density at radius 3 is 3.00 bits per heavy atom. The summed E-state index contributed by atoms with van der Waals surface area (Å²) in [6, 6.07) is 2.35. The number of nitrogens with one attached hydrogen (secondary N) is 1. The van der Waals surface area contributed by atoms with Crippen molar-refractivity contribution in [3.8, 4) is 0 Å². The number of hydrogen-bond acceptors (Lipinski definition) is 3. The Morgan fingerprint density at radius 1 is 1.61 bits per heavy atom. The lowest BCUT2D eigenvalue weighted by atomic mass is 10.2. The van der Waals surface area contributed by atoms with Gasteiger partial charge in [-0.2, -0.15) is 0 Å². The zero-order chi connectivity index (χ0) is 13.0. The SMILES string of the molecule is CCN(CCNC(=O)c1cnccc1Cl)C1CC1. The highest BCUT2D eigenvalue weighted by molar-refractivity contribution is 6.33. The first-order valence-electron chi connectivity index (χ1n) is 6.34. The minimum atomic E-state index is -0.153. The first kappa shape index (κ1) is 13.3.